The normalized spacial score (nSPS) is 29.6. The summed E-state index contributed by atoms with van der Waals surface area (Å²) in [6.45, 7) is 2.17. The Morgan fingerprint density at radius 1 is 1.56 bits per heavy atom. The number of benzene rings is 1. The average Bonchev–Trinajstić information content (AvgIpc) is 2.54. The molecule has 0 saturated heterocycles. The Morgan fingerprint density at radius 3 is 2.94 bits per heavy atom. The summed E-state index contributed by atoms with van der Waals surface area (Å²) >= 11 is 3.29. The van der Waals surface area contributed by atoms with Crippen molar-refractivity contribution in [3.63, 3.8) is 0 Å². The first-order valence-corrected chi connectivity index (χ1v) is 6.40. The minimum Gasteiger partial charge on any atom is -0.393 e. The predicted molar refractivity (Wildman–Crippen MR) is 65.8 cm³/mol. The van der Waals surface area contributed by atoms with Crippen molar-refractivity contribution in [3.8, 4) is 0 Å². The second kappa shape index (κ2) is 4.46. The lowest BCUT2D eigenvalue weighted by molar-refractivity contribution is 0.163. The van der Waals surface area contributed by atoms with E-state index in [1.165, 1.54) is 6.07 Å². The highest BCUT2D eigenvalue weighted by Gasteiger charge is 2.34. The van der Waals surface area contributed by atoms with Crippen molar-refractivity contribution in [2.24, 2.45) is 5.41 Å². The highest BCUT2D eigenvalue weighted by molar-refractivity contribution is 9.10. The van der Waals surface area contributed by atoms with Crippen LogP contribution in [0.5, 0.6) is 0 Å². The fourth-order valence-corrected chi connectivity index (χ4v) is 3.00. The Bertz CT molecular complexity index is 394. The van der Waals surface area contributed by atoms with Crippen molar-refractivity contribution in [1.29, 1.82) is 0 Å². The monoisotopic (exact) mass is 286 g/mol. The fraction of sp³-hybridized carbons (Fsp3) is 0.538. The number of aliphatic hydroxyl groups is 1. The number of halogens is 2. The summed E-state index contributed by atoms with van der Waals surface area (Å²) in [4.78, 5) is 0. The Balaban J connectivity index is 2.18. The van der Waals surface area contributed by atoms with Crippen LogP contribution in [0.25, 0.3) is 0 Å². The molecule has 0 radical (unpaired) electrons. The molecule has 1 aromatic carbocycles. The third-order valence-electron chi connectivity index (χ3n) is 3.46. The third kappa shape index (κ3) is 2.46. The average molecular weight is 287 g/mol. The number of hydrogen-bond acceptors (Lipinski definition) is 1. The zero-order valence-electron chi connectivity index (χ0n) is 9.34. The van der Waals surface area contributed by atoms with Crippen molar-refractivity contribution in [3.05, 3.63) is 34.1 Å². The lowest BCUT2D eigenvalue weighted by Gasteiger charge is -2.24. The van der Waals surface area contributed by atoms with Crippen LogP contribution in [0.4, 0.5) is 4.39 Å². The quantitative estimate of drug-likeness (QED) is 0.879. The topological polar surface area (TPSA) is 20.2 Å². The van der Waals surface area contributed by atoms with Crippen LogP contribution in [0.2, 0.25) is 0 Å². The van der Waals surface area contributed by atoms with Crippen molar-refractivity contribution in [1.82, 2.24) is 0 Å². The maximum absolute atomic E-state index is 13.4. The highest BCUT2D eigenvalue weighted by Crippen LogP contribution is 2.41. The van der Waals surface area contributed by atoms with Crippen molar-refractivity contribution in [2.75, 3.05) is 0 Å². The Morgan fingerprint density at radius 2 is 2.31 bits per heavy atom. The van der Waals surface area contributed by atoms with Gasteiger partial charge >= 0.3 is 0 Å². The van der Waals surface area contributed by atoms with Crippen molar-refractivity contribution >= 4 is 15.9 Å². The van der Waals surface area contributed by atoms with E-state index < -0.39 is 0 Å². The molecule has 1 aliphatic rings. The van der Waals surface area contributed by atoms with Crippen LogP contribution in [0, 0.1) is 11.2 Å². The van der Waals surface area contributed by atoms with E-state index in [-0.39, 0.29) is 17.3 Å². The maximum atomic E-state index is 13.4. The minimum atomic E-state index is -0.209. The lowest BCUT2D eigenvalue weighted by atomic mass is 9.82. The molecular formula is C13H16BrFO. The third-order valence-corrected chi connectivity index (χ3v) is 4.35. The molecule has 1 N–H and O–H groups in total. The van der Waals surface area contributed by atoms with Gasteiger partial charge in [0.05, 0.1) is 10.6 Å². The van der Waals surface area contributed by atoms with Gasteiger partial charge in [0.15, 0.2) is 0 Å². The summed E-state index contributed by atoms with van der Waals surface area (Å²) in [5.41, 5.74) is 1.10. The molecule has 2 rings (SSSR count). The summed E-state index contributed by atoms with van der Waals surface area (Å²) in [6, 6.07) is 5.15. The molecule has 1 aliphatic carbocycles. The van der Waals surface area contributed by atoms with Crippen LogP contribution in [-0.2, 0) is 6.42 Å². The molecule has 3 heteroatoms. The Kier molecular flexibility index (Phi) is 3.36. The van der Waals surface area contributed by atoms with Gasteiger partial charge in [0.1, 0.15) is 5.82 Å². The first-order valence-electron chi connectivity index (χ1n) is 5.61. The minimum absolute atomic E-state index is 0.107. The van der Waals surface area contributed by atoms with Gasteiger partial charge in [-0.25, -0.2) is 4.39 Å². The van der Waals surface area contributed by atoms with Gasteiger partial charge in [-0.1, -0.05) is 19.1 Å². The van der Waals surface area contributed by atoms with Crippen molar-refractivity contribution < 1.29 is 9.50 Å². The lowest BCUT2D eigenvalue weighted by Crippen LogP contribution is -2.17. The summed E-state index contributed by atoms with van der Waals surface area (Å²) in [5, 5.41) is 9.58. The van der Waals surface area contributed by atoms with E-state index >= 15 is 0 Å². The maximum Gasteiger partial charge on any atom is 0.137 e. The predicted octanol–water partition coefficient (Wildman–Crippen LogP) is 3.68. The van der Waals surface area contributed by atoms with Crippen LogP contribution in [-0.4, -0.2) is 11.2 Å². The van der Waals surface area contributed by atoms with E-state index in [0.29, 0.717) is 4.47 Å². The van der Waals surface area contributed by atoms with Gasteiger partial charge in [0, 0.05) is 0 Å². The van der Waals surface area contributed by atoms with Crippen LogP contribution in [0.1, 0.15) is 31.7 Å². The van der Waals surface area contributed by atoms with E-state index in [1.54, 1.807) is 6.07 Å². The second-order valence-corrected chi connectivity index (χ2v) is 5.89. The standard InChI is InChI=1S/C13H16BrFO/c1-13(6-5-10(16)8-13)7-9-3-2-4-11(15)12(9)14/h2-4,10,16H,5-8H2,1H3. The molecule has 0 spiro atoms. The van der Waals surface area contributed by atoms with E-state index in [4.69, 9.17) is 0 Å². The molecule has 0 aromatic heterocycles. The molecule has 0 bridgehead atoms. The smallest absolute Gasteiger partial charge is 0.137 e. The molecule has 2 atom stereocenters. The largest absolute Gasteiger partial charge is 0.393 e. The molecule has 0 amide bonds. The van der Waals surface area contributed by atoms with Crippen molar-refractivity contribution in [2.45, 2.75) is 38.7 Å². The van der Waals surface area contributed by atoms with Gasteiger partial charge in [0.2, 0.25) is 0 Å². The van der Waals surface area contributed by atoms with Gasteiger partial charge in [0.25, 0.3) is 0 Å². The second-order valence-electron chi connectivity index (χ2n) is 5.10. The SMILES string of the molecule is CC1(Cc2cccc(F)c2Br)CCC(O)C1. The number of hydrogen-bond donors (Lipinski definition) is 1. The Labute approximate surface area is 104 Å². The molecule has 1 fully saturated rings. The Hall–Kier alpha value is -0.410. The number of rotatable bonds is 2. The molecule has 1 nitrogen and oxygen atoms in total. The summed E-state index contributed by atoms with van der Waals surface area (Å²) in [6.07, 6.45) is 3.33. The summed E-state index contributed by atoms with van der Waals surface area (Å²) in [5.74, 6) is -0.209. The number of aliphatic hydroxyl groups excluding tert-OH is 1. The zero-order valence-corrected chi connectivity index (χ0v) is 10.9. The summed E-state index contributed by atoms with van der Waals surface area (Å²) in [7, 11) is 0. The van der Waals surface area contributed by atoms with E-state index in [9.17, 15) is 9.50 Å². The van der Waals surface area contributed by atoms with Gasteiger partial charge < -0.3 is 5.11 Å². The molecular weight excluding hydrogens is 271 g/mol. The molecule has 0 heterocycles. The van der Waals surface area contributed by atoms with Crippen LogP contribution >= 0.6 is 15.9 Å². The molecule has 1 aromatic rings. The van der Waals surface area contributed by atoms with Gasteiger partial charge in [-0.2, -0.15) is 0 Å². The molecule has 16 heavy (non-hydrogen) atoms. The van der Waals surface area contributed by atoms with Crippen LogP contribution < -0.4 is 0 Å². The molecule has 0 aliphatic heterocycles. The zero-order chi connectivity index (χ0) is 11.8. The molecule has 88 valence electrons. The van der Waals surface area contributed by atoms with E-state index in [0.717, 1.165) is 31.2 Å². The van der Waals surface area contributed by atoms with Gasteiger partial charge in [-0.3, -0.25) is 0 Å². The first kappa shape index (κ1) is 12.1. The van der Waals surface area contributed by atoms with Crippen LogP contribution in [0.15, 0.2) is 22.7 Å². The molecule has 1 saturated carbocycles. The van der Waals surface area contributed by atoms with Gasteiger partial charge in [-0.15, -0.1) is 0 Å². The van der Waals surface area contributed by atoms with E-state index in [2.05, 4.69) is 22.9 Å². The van der Waals surface area contributed by atoms with E-state index in [1.807, 2.05) is 6.07 Å². The first-order chi connectivity index (χ1) is 7.50. The van der Waals surface area contributed by atoms with Gasteiger partial charge in [-0.05, 0) is 58.7 Å². The highest BCUT2D eigenvalue weighted by atomic mass is 79.9. The summed E-state index contributed by atoms with van der Waals surface area (Å²) < 4.78 is 13.9. The van der Waals surface area contributed by atoms with Crippen LogP contribution in [0.3, 0.4) is 0 Å². The fourth-order valence-electron chi connectivity index (χ4n) is 2.59. The molecule has 2 unspecified atom stereocenters.